The molecule has 1 aromatic carbocycles. The summed E-state index contributed by atoms with van der Waals surface area (Å²) in [6.45, 7) is 17.7. The van der Waals surface area contributed by atoms with E-state index in [1.54, 1.807) is 18.2 Å². The SMILES string of the molecule is CC(C)(C)COC(=O)c1cc2ccc(OCCO[Si](C)(C)C(C)(C)C)cc2n1C(=O)O. The molecule has 0 aliphatic heterocycles. The normalized spacial score (nSPS) is 12.8. The molecule has 172 valence electrons. The Labute approximate surface area is 185 Å². The lowest BCUT2D eigenvalue weighted by molar-refractivity contribution is 0.0355. The van der Waals surface area contributed by atoms with Crippen molar-refractivity contribution in [2.75, 3.05) is 19.8 Å². The van der Waals surface area contributed by atoms with Gasteiger partial charge in [0.2, 0.25) is 0 Å². The van der Waals surface area contributed by atoms with Gasteiger partial charge in [-0.2, -0.15) is 0 Å². The van der Waals surface area contributed by atoms with Gasteiger partial charge in [-0.15, -0.1) is 0 Å². The number of carbonyl (C=O) groups excluding carboxylic acids is 1. The number of ether oxygens (including phenoxy) is 2. The van der Waals surface area contributed by atoms with Crippen LogP contribution >= 0.6 is 0 Å². The molecule has 0 atom stereocenters. The summed E-state index contributed by atoms with van der Waals surface area (Å²) in [4.78, 5) is 24.4. The van der Waals surface area contributed by atoms with Crippen LogP contribution in [0.5, 0.6) is 5.75 Å². The van der Waals surface area contributed by atoms with Crippen molar-refractivity contribution in [1.29, 1.82) is 0 Å². The van der Waals surface area contributed by atoms with Crippen molar-refractivity contribution >= 4 is 31.3 Å². The van der Waals surface area contributed by atoms with Crippen LogP contribution in [0.2, 0.25) is 18.1 Å². The third-order valence-corrected chi connectivity index (χ3v) is 9.97. The van der Waals surface area contributed by atoms with E-state index in [-0.39, 0.29) is 22.8 Å². The Morgan fingerprint density at radius 1 is 1.03 bits per heavy atom. The number of carboxylic acid groups (broad SMARTS) is 1. The molecule has 31 heavy (non-hydrogen) atoms. The monoisotopic (exact) mass is 449 g/mol. The molecule has 0 spiro atoms. The summed E-state index contributed by atoms with van der Waals surface area (Å²) >= 11 is 0. The highest BCUT2D eigenvalue weighted by Gasteiger charge is 2.36. The predicted molar refractivity (Wildman–Crippen MR) is 124 cm³/mol. The molecule has 1 heterocycles. The molecular weight excluding hydrogens is 414 g/mol. The lowest BCUT2D eigenvalue weighted by Crippen LogP contribution is -2.41. The molecule has 0 radical (unpaired) electrons. The second-order valence-corrected chi connectivity index (χ2v) is 15.3. The predicted octanol–water partition coefficient (Wildman–Crippen LogP) is 5.77. The topological polar surface area (TPSA) is 87.0 Å². The van der Waals surface area contributed by atoms with Crippen molar-refractivity contribution in [2.45, 2.75) is 59.7 Å². The number of carbonyl (C=O) groups is 2. The first kappa shape index (κ1) is 24.9. The number of hydrogen-bond donors (Lipinski definition) is 1. The van der Waals surface area contributed by atoms with Crippen LogP contribution in [0.15, 0.2) is 24.3 Å². The Bertz CT molecular complexity index is 949. The molecule has 2 rings (SSSR count). The number of esters is 1. The van der Waals surface area contributed by atoms with Gasteiger partial charge in [0.1, 0.15) is 18.1 Å². The summed E-state index contributed by atoms with van der Waals surface area (Å²) in [5, 5.41) is 10.4. The second kappa shape index (κ2) is 9.04. The van der Waals surface area contributed by atoms with Crippen LogP contribution in [0.1, 0.15) is 52.0 Å². The number of rotatable bonds is 7. The minimum absolute atomic E-state index is 0.0230. The molecule has 0 bridgehead atoms. The van der Waals surface area contributed by atoms with E-state index in [2.05, 4.69) is 33.9 Å². The Morgan fingerprint density at radius 3 is 2.23 bits per heavy atom. The zero-order valence-corrected chi connectivity index (χ0v) is 20.9. The maximum atomic E-state index is 12.5. The zero-order chi connectivity index (χ0) is 23.6. The quantitative estimate of drug-likeness (QED) is 0.328. The van der Waals surface area contributed by atoms with Crippen molar-refractivity contribution < 1.29 is 28.6 Å². The van der Waals surface area contributed by atoms with Crippen molar-refractivity contribution in [1.82, 2.24) is 4.57 Å². The van der Waals surface area contributed by atoms with E-state index in [4.69, 9.17) is 13.9 Å². The van der Waals surface area contributed by atoms with Crippen molar-refractivity contribution in [3.63, 3.8) is 0 Å². The smallest absolute Gasteiger partial charge is 0.416 e. The summed E-state index contributed by atoms with van der Waals surface area (Å²) in [5.41, 5.74) is 0.131. The van der Waals surface area contributed by atoms with Gasteiger partial charge in [0.05, 0.1) is 18.7 Å². The van der Waals surface area contributed by atoms with Gasteiger partial charge in [-0.1, -0.05) is 41.5 Å². The average Bonchev–Trinajstić information content (AvgIpc) is 3.00. The fraction of sp³-hybridized carbons (Fsp3) is 0.565. The first-order chi connectivity index (χ1) is 14.1. The van der Waals surface area contributed by atoms with E-state index in [1.807, 2.05) is 20.8 Å². The van der Waals surface area contributed by atoms with Crippen LogP contribution in [-0.2, 0) is 9.16 Å². The van der Waals surface area contributed by atoms with Crippen molar-refractivity contribution in [3.8, 4) is 5.75 Å². The van der Waals surface area contributed by atoms with Gasteiger partial charge in [-0.3, -0.25) is 0 Å². The van der Waals surface area contributed by atoms with Crippen LogP contribution in [0.4, 0.5) is 4.79 Å². The Kier molecular flexibility index (Phi) is 7.27. The highest BCUT2D eigenvalue weighted by atomic mass is 28.4. The van der Waals surface area contributed by atoms with Gasteiger partial charge in [0.15, 0.2) is 8.32 Å². The second-order valence-electron chi connectivity index (χ2n) is 10.5. The molecule has 2 aromatic rings. The fourth-order valence-electron chi connectivity index (χ4n) is 2.66. The fourth-order valence-corrected chi connectivity index (χ4v) is 3.68. The molecule has 0 amide bonds. The van der Waals surface area contributed by atoms with Gasteiger partial charge < -0.3 is 19.0 Å². The molecule has 1 aromatic heterocycles. The molecule has 0 saturated carbocycles. The van der Waals surface area contributed by atoms with E-state index in [1.165, 1.54) is 6.07 Å². The lowest BCUT2D eigenvalue weighted by atomic mass is 9.99. The summed E-state index contributed by atoms with van der Waals surface area (Å²) in [5.74, 6) is -0.152. The number of aromatic nitrogens is 1. The van der Waals surface area contributed by atoms with Crippen LogP contribution in [0.3, 0.4) is 0 Å². The number of hydrogen-bond acceptors (Lipinski definition) is 5. The maximum absolute atomic E-state index is 12.5. The van der Waals surface area contributed by atoms with Crippen molar-refractivity contribution in [3.05, 3.63) is 30.0 Å². The van der Waals surface area contributed by atoms with Crippen LogP contribution in [0, 0.1) is 5.41 Å². The molecule has 7 nitrogen and oxygen atoms in total. The summed E-state index contributed by atoms with van der Waals surface area (Å²) in [6.07, 6.45) is -1.25. The van der Waals surface area contributed by atoms with Crippen LogP contribution < -0.4 is 4.74 Å². The Morgan fingerprint density at radius 2 is 1.68 bits per heavy atom. The Hall–Kier alpha value is -2.32. The largest absolute Gasteiger partial charge is 0.491 e. The number of nitrogens with zero attached hydrogens (tertiary/aromatic N) is 1. The van der Waals surface area contributed by atoms with Gasteiger partial charge in [0.25, 0.3) is 0 Å². The standard InChI is InChI=1S/C23H35NO6Si/c1-22(2,3)15-29-20(25)19-13-16-9-10-17(14-18(16)24(19)21(26)27)28-11-12-30-31(7,8)23(4,5)6/h9-10,13-14H,11-12,15H2,1-8H3,(H,26,27). The Balaban J connectivity index is 2.17. The van der Waals surface area contributed by atoms with E-state index < -0.39 is 20.4 Å². The highest BCUT2D eigenvalue weighted by molar-refractivity contribution is 6.74. The third kappa shape index (κ3) is 6.33. The average molecular weight is 450 g/mol. The maximum Gasteiger partial charge on any atom is 0.416 e. The van der Waals surface area contributed by atoms with E-state index in [9.17, 15) is 14.7 Å². The first-order valence-electron chi connectivity index (χ1n) is 10.5. The molecule has 1 N–H and O–H groups in total. The molecule has 0 fully saturated rings. The van der Waals surface area contributed by atoms with Crippen LogP contribution in [0.25, 0.3) is 10.9 Å². The molecule has 8 heteroatoms. The van der Waals surface area contributed by atoms with E-state index >= 15 is 0 Å². The van der Waals surface area contributed by atoms with Gasteiger partial charge >= 0.3 is 12.1 Å². The first-order valence-corrected chi connectivity index (χ1v) is 13.4. The summed E-state index contributed by atoms with van der Waals surface area (Å²) < 4.78 is 18.2. The highest BCUT2D eigenvalue weighted by Crippen LogP contribution is 2.36. The van der Waals surface area contributed by atoms with Crippen molar-refractivity contribution in [2.24, 2.45) is 5.41 Å². The van der Waals surface area contributed by atoms with Gasteiger partial charge in [-0.05, 0) is 41.7 Å². The number of fused-ring (bicyclic) bond motifs is 1. The molecule has 0 saturated heterocycles. The zero-order valence-electron chi connectivity index (χ0n) is 19.9. The van der Waals surface area contributed by atoms with E-state index in [0.29, 0.717) is 29.9 Å². The van der Waals surface area contributed by atoms with Gasteiger partial charge in [0, 0.05) is 11.5 Å². The molecular formula is C23H35NO6Si. The summed E-state index contributed by atoms with van der Waals surface area (Å²) in [7, 11) is -1.85. The molecule has 0 aliphatic carbocycles. The number of benzene rings is 1. The minimum Gasteiger partial charge on any atom is -0.491 e. The van der Waals surface area contributed by atoms with E-state index in [0.717, 1.165) is 4.57 Å². The summed E-state index contributed by atoms with van der Waals surface area (Å²) in [6, 6.07) is 6.64. The molecule has 0 unspecified atom stereocenters. The molecule has 0 aliphatic rings. The van der Waals surface area contributed by atoms with Gasteiger partial charge in [-0.25, -0.2) is 14.2 Å². The third-order valence-electron chi connectivity index (χ3n) is 5.43. The minimum atomic E-state index is -1.85. The van der Waals surface area contributed by atoms with Crippen LogP contribution in [-0.4, -0.2) is 49.9 Å². The lowest BCUT2D eigenvalue weighted by Gasteiger charge is -2.36.